The molecule has 2 aliphatic heterocycles. The fourth-order valence-corrected chi connectivity index (χ4v) is 4.82. The number of likely N-dealkylation sites (tertiary alicyclic amines) is 1. The zero-order chi connectivity index (χ0) is 23.8. The lowest BCUT2D eigenvalue weighted by atomic mass is 9.73. The highest BCUT2D eigenvalue weighted by molar-refractivity contribution is 5.88. The molecule has 2 aromatic rings. The zero-order valence-electron chi connectivity index (χ0n) is 19.8. The topological polar surface area (TPSA) is 77.1 Å². The molecule has 0 saturated carbocycles. The van der Waals surface area contributed by atoms with Crippen molar-refractivity contribution >= 4 is 11.8 Å². The van der Waals surface area contributed by atoms with Crippen LogP contribution >= 0.6 is 0 Å². The van der Waals surface area contributed by atoms with E-state index in [2.05, 4.69) is 5.32 Å². The molecule has 0 radical (unpaired) electrons. The van der Waals surface area contributed by atoms with Crippen molar-refractivity contribution in [1.29, 1.82) is 0 Å². The first-order chi connectivity index (χ1) is 16.6. The number of para-hydroxylation sites is 1. The van der Waals surface area contributed by atoms with Crippen molar-refractivity contribution in [3.05, 3.63) is 60.2 Å². The number of carbonyl (C=O) groups is 2. The molecule has 2 saturated heterocycles. The SMILES string of the molecule is COc1ccc(C2(C(=O)NCC3CCN(C(=O)COc4ccccc4)CC3)CCOCC2)cc1. The summed E-state index contributed by atoms with van der Waals surface area (Å²) < 4.78 is 16.4. The van der Waals surface area contributed by atoms with Crippen molar-refractivity contribution in [2.75, 3.05) is 46.6 Å². The first-order valence-electron chi connectivity index (χ1n) is 12.1. The molecular formula is C27H34N2O5. The molecule has 0 spiro atoms. The minimum atomic E-state index is -0.573. The van der Waals surface area contributed by atoms with Crippen molar-refractivity contribution in [1.82, 2.24) is 10.2 Å². The maximum absolute atomic E-state index is 13.4. The lowest BCUT2D eigenvalue weighted by molar-refractivity contribution is -0.135. The van der Waals surface area contributed by atoms with E-state index in [4.69, 9.17) is 14.2 Å². The van der Waals surface area contributed by atoms with Crippen LogP contribution in [-0.4, -0.2) is 63.3 Å². The van der Waals surface area contributed by atoms with Gasteiger partial charge >= 0.3 is 0 Å². The molecule has 2 aliphatic rings. The van der Waals surface area contributed by atoms with Crippen LogP contribution in [0.2, 0.25) is 0 Å². The van der Waals surface area contributed by atoms with E-state index < -0.39 is 5.41 Å². The Labute approximate surface area is 201 Å². The van der Waals surface area contributed by atoms with Crippen LogP contribution in [0.5, 0.6) is 11.5 Å². The Hall–Kier alpha value is -3.06. The van der Waals surface area contributed by atoms with Gasteiger partial charge in [0, 0.05) is 32.8 Å². The average Bonchev–Trinajstić information content (AvgIpc) is 2.91. The van der Waals surface area contributed by atoms with Crippen molar-refractivity contribution in [2.24, 2.45) is 5.92 Å². The van der Waals surface area contributed by atoms with Gasteiger partial charge in [0.2, 0.25) is 5.91 Å². The van der Waals surface area contributed by atoms with Gasteiger partial charge in [-0.15, -0.1) is 0 Å². The van der Waals surface area contributed by atoms with Crippen molar-refractivity contribution in [2.45, 2.75) is 31.1 Å². The highest BCUT2D eigenvalue weighted by Gasteiger charge is 2.41. The van der Waals surface area contributed by atoms with E-state index in [0.717, 1.165) is 24.2 Å². The summed E-state index contributed by atoms with van der Waals surface area (Å²) in [5.41, 5.74) is 0.434. The summed E-state index contributed by atoms with van der Waals surface area (Å²) >= 11 is 0. The smallest absolute Gasteiger partial charge is 0.260 e. The lowest BCUT2D eigenvalue weighted by Gasteiger charge is -2.37. The molecule has 1 N–H and O–H groups in total. The molecule has 2 amide bonds. The Morgan fingerprint density at radius 3 is 2.32 bits per heavy atom. The molecule has 0 aliphatic carbocycles. The molecule has 0 atom stereocenters. The average molecular weight is 467 g/mol. The Morgan fingerprint density at radius 1 is 1.00 bits per heavy atom. The predicted octanol–water partition coefficient (Wildman–Crippen LogP) is 3.18. The molecule has 2 fully saturated rings. The van der Waals surface area contributed by atoms with Gasteiger partial charge in [-0.25, -0.2) is 0 Å². The maximum Gasteiger partial charge on any atom is 0.260 e. The third-order valence-electron chi connectivity index (χ3n) is 7.05. The largest absolute Gasteiger partial charge is 0.497 e. The number of nitrogens with one attached hydrogen (secondary N) is 1. The minimum Gasteiger partial charge on any atom is -0.497 e. The van der Waals surface area contributed by atoms with E-state index in [0.29, 0.717) is 57.4 Å². The molecule has 34 heavy (non-hydrogen) atoms. The molecular weight excluding hydrogens is 432 g/mol. The fourth-order valence-electron chi connectivity index (χ4n) is 4.82. The predicted molar refractivity (Wildman–Crippen MR) is 129 cm³/mol. The van der Waals surface area contributed by atoms with Crippen LogP contribution in [0.3, 0.4) is 0 Å². The molecule has 0 aromatic heterocycles. The quantitative estimate of drug-likeness (QED) is 0.647. The van der Waals surface area contributed by atoms with Gasteiger partial charge in [0.25, 0.3) is 5.91 Å². The number of amides is 2. The summed E-state index contributed by atoms with van der Waals surface area (Å²) in [5.74, 6) is 1.91. The second-order valence-corrected chi connectivity index (χ2v) is 9.06. The van der Waals surface area contributed by atoms with E-state index in [-0.39, 0.29) is 18.4 Å². The Balaban J connectivity index is 1.27. The normalized spacial score (nSPS) is 18.2. The first kappa shape index (κ1) is 24.1. The monoisotopic (exact) mass is 466 g/mol. The molecule has 7 heteroatoms. The number of hydrogen-bond donors (Lipinski definition) is 1. The number of carbonyl (C=O) groups excluding carboxylic acids is 2. The number of nitrogens with zero attached hydrogens (tertiary/aromatic N) is 1. The van der Waals surface area contributed by atoms with E-state index in [1.165, 1.54) is 0 Å². The highest BCUT2D eigenvalue weighted by atomic mass is 16.5. The van der Waals surface area contributed by atoms with E-state index in [9.17, 15) is 9.59 Å². The minimum absolute atomic E-state index is 0.00648. The van der Waals surface area contributed by atoms with Crippen LogP contribution in [0.15, 0.2) is 54.6 Å². The van der Waals surface area contributed by atoms with Gasteiger partial charge in [0.15, 0.2) is 6.61 Å². The van der Waals surface area contributed by atoms with E-state index in [1.807, 2.05) is 59.5 Å². The molecule has 182 valence electrons. The highest BCUT2D eigenvalue weighted by Crippen LogP contribution is 2.36. The summed E-state index contributed by atoms with van der Waals surface area (Å²) in [6.07, 6.45) is 3.07. The van der Waals surface area contributed by atoms with Gasteiger partial charge in [-0.05, 0) is 61.4 Å². The van der Waals surface area contributed by atoms with Gasteiger partial charge in [-0.1, -0.05) is 30.3 Å². The molecule has 2 heterocycles. The standard InChI is InChI=1S/C27H34N2O5/c1-32-23-9-7-22(8-10-23)27(13-17-33-18-14-27)26(31)28-19-21-11-15-29(16-12-21)25(30)20-34-24-5-3-2-4-6-24/h2-10,21H,11-20H2,1H3,(H,28,31). The lowest BCUT2D eigenvalue weighted by Crippen LogP contribution is -2.50. The van der Waals surface area contributed by atoms with Gasteiger partial charge < -0.3 is 24.4 Å². The number of methoxy groups -OCH3 is 1. The van der Waals surface area contributed by atoms with Crippen molar-refractivity contribution < 1.29 is 23.8 Å². The Bertz CT molecular complexity index is 933. The van der Waals surface area contributed by atoms with Gasteiger partial charge in [0.05, 0.1) is 12.5 Å². The number of piperidine rings is 1. The van der Waals surface area contributed by atoms with Crippen molar-refractivity contribution in [3.63, 3.8) is 0 Å². The Kier molecular flexibility index (Phi) is 8.06. The molecule has 4 rings (SSSR count). The number of ether oxygens (including phenoxy) is 3. The summed E-state index contributed by atoms with van der Waals surface area (Å²) in [6, 6.07) is 17.2. The van der Waals surface area contributed by atoms with Gasteiger partial charge in [0.1, 0.15) is 11.5 Å². The summed E-state index contributed by atoms with van der Waals surface area (Å²) in [7, 11) is 1.64. The van der Waals surface area contributed by atoms with Crippen molar-refractivity contribution in [3.8, 4) is 11.5 Å². The third kappa shape index (κ3) is 5.70. The number of hydrogen-bond acceptors (Lipinski definition) is 5. The maximum atomic E-state index is 13.4. The van der Waals surface area contributed by atoms with Gasteiger partial charge in [-0.2, -0.15) is 0 Å². The summed E-state index contributed by atoms with van der Waals surface area (Å²) in [4.78, 5) is 27.8. The first-order valence-corrected chi connectivity index (χ1v) is 12.1. The van der Waals surface area contributed by atoms with Crippen LogP contribution < -0.4 is 14.8 Å². The second-order valence-electron chi connectivity index (χ2n) is 9.06. The number of benzene rings is 2. The van der Waals surface area contributed by atoms with Crippen LogP contribution in [0, 0.1) is 5.92 Å². The molecule has 0 unspecified atom stereocenters. The molecule has 0 bridgehead atoms. The zero-order valence-corrected chi connectivity index (χ0v) is 19.8. The summed E-state index contributed by atoms with van der Waals surface area (Å²) in [5, 5.41) is 3.23. The molecule has 7 nitrogen and oxygen atoms in total. The van der Waals surface area contributed by atoms with Crippen LogP contribution in [0.25, 0.3) is 0 Å². The molecule has 2 aromatic carbocycles. The van der Waals surface area contributed by atoms with Crippen LogP contribution in [0.1, 0.15) is 31.2 Å². The number of rotatable bonds is 8. The van der Waals surface area contributed by atoms with E-state index >= 15 is 0 Å². The van der Waals surface area contributed by atoms with Crippen LogP contribution in [0.4, 0.5) is 0 Å². The van der Waals surface area contributed by atoms with Gasteiger partial charge in [-0.3, -0.25) is 9.59 Å². The fraction of sp³-hybridized carbons (Fsp3) is 0.481. The summed E-state index contributed by atoms with van der Waals surface area (Å²) in [6.45, 7) is 3.21. The van der Waals surface area contributed by atoms with Crippen LogP contribution in [-0.2, 0) is 19.7 Å². The Morgan fingerprint density at radius 2 is 1.68 bits per heavy atom. The van der Waals surface area contributed by atoms with E-state index in [1.54, 1.807) is 7.11 Å². The second kappa shape index (κ2) is 11.4. The third-order valence-corrected chi connectivity index (χ3v) is 7.05.